The van der Waals surface area contributed by atoms with E-state index in [1.165, 1.54) is 16.4 Å². The molecule has 0 saturated carbocycles. The molecule has 0 saturated heterocycles. The summed E-state index contributed by atoms with van der Waals surface area (Å²) in [5.74, 6) is 0. The van der Waals surface area contributed by atoms with Gasteiger partial charge in [-0.05, 0) is 39.2 Å². The number of sulfonamides is 2. The summed E-state index contributed by atoms with van der Waals surface area (Å²) >= 11 is 5.89. The number of hydrogen-bond acceptors (Lipinski definition) is 5. The Morgan fingerprint density at radius 2 is 1.67 bits per heavy atom. The number of hydrogen-bond donors (Lipinski definition) is 1. The molecule has 0 unspecified atom stereocenters. The molecule has 0 heterocycles. The summed E-state index contributed by atoms with van der Waals surface area (Å²) in [6, 6.07) is 6.10. The van der Waals surface area contributed by atoms with E-state index < -0.39 is 20.0 Å². The zero-order valence-corrected chi connectivity index (χ0v) is 16.5. The number of nitrogens with zero attached hydrogens (tertiary/aromatic N) is 2. The Bertz CT molecular complexity index is 736. The van der Waals surface area contributed by atoms with Crippen molar-refractivity contribution in [2.45, 2.75) is 11.3 Å². The van der Waals surface area contributed by atoms with Gasteiger partial charge in [0.1, 0.15) is 4.90 Å². The molecule has 1 aromatic carbocycles. The Morgan fingerprint density at radius 1 is 1.04 bits per heavy atom. The van der Waals surface area contributed by atoms with Crippen LogP contribution in [0.4, 0.5) is 0 Å². The smallest absolute Gasteiger partial charge is 0.242 e. The molecule has 10 heteroatoms. The van der Waals surface area contributed by atoms with Crippen LogP contribution in [-0.2, 0) is 20.0 Å². The third-order valence-electron chi connectivity index (χ3n) is 3.26. The molecule has 0 atom stereocenters. The summed E-state index contributed by atoms with van der Waals surface area (Å²) < 4.78 is 51.7. The topological polar surface area (TPSA) is 86.8 Å². The van der Waals surface area contributed by atoms with E-state index in [0.717, 1.165) is 12.8 Å². The van der Waals surface area contributed by atoms with Crippen LogP contribution in [0.25, 0.3) is 0 Å². The van der Waals surface area contributed by atoms with E-state index in [4.69, 9.17) is 11.6 Å². The van der Waals surface area contributed by atoms with Crippen LogP contribution >= 0.6 is 11.6 Å². The molecule has 0 radical (unpaired) electrons. The van der Waals surface area contributed by atoms with Gasteiger partial charge in [0.05, 0.1) is 11.3 Å². The minimum atomic E-state index is -3.78. The van der Waals surface area contributed by atoms with Crippen molar-refractivity contribution in [2.75, 3.05) is 46.5 Å². The van der Waals surface area contributed by atoms with Crippen molar-refractivity contribution in [3.05, 3.63) is 29.3 Å². The molecular formula is C14H24ClN3O4S2. The molecule has 1 rings (SSSR count). The Hall–Kier alpha value is -0.710. The highest BCUT2D eigenvalue weighted by atomic mass is 35.5. The minimum Gasteiger partial charge on any atom is -0.309 e. The maximum absolute atomic E-state index is 12.2. The van der Waals surface area contributed by atoms with Crippen molar-refractivity contribution >= 4 is 31.6 Å². The van der Waals surface area contributed by atoms with Crippen LogP contribution in [0.1, 0.15) is 6.42 Å². The molecule has 0 fully saturated rings. The second-order valence-corrected chi connectivity index (χ2v) is 9.77. The van der Waals surface area contributed by atoms with Gasteiger partial charge in [0, 0.05) is 19.6 Å². The van der Waals surface area contributed by atoms with Crippen molar-refractivity contribution in [3.8, 4) is 0 Å². The number of benzene rings is 1. The first-order chi connectivity index (χ1) is 11.0. The minimum absolute atomic E-state index is 0.0230. The van der Waals surface area contributed by atoms with Gasteiger partial charge in [0.15, 0.2) is 0 Å². The molecule has 138 valence electrons. The summed E-state index contributed by atoms with van der Waals surface area (Å²) in [7, 11) is -3.37. The van der Waals surface area contributed by atoms with Crippen molar-refractivity contribution in [3.63, 3.8) is 0 Å². The lowest BCUT2D eigenvalue weighted by Crippen LogP contribution is -2.39. The molecule has 24 heavy (non-hydrogen) atoms. The van der Waals surface area contributed by atoms with Gasteiger partial charge in [0.2, 0.25) is 20.0 Å². The predicted molar refractivity (Wildman–Crippen MR) is 96.2 cm³/mol. The van der Waals surface area contributed by atoms with E-state index in [0.29, 0.717) is 13.0 Å². The normalized spacial score (nSPS) is 12.9. The summed E-state index contributed by atoms with van der Waals surface area (Å²) in [5.41, 5.74) is 0. The maximum Gasteiger partial charge on any atom is 0.242 e. The average Bonchev–Trinajstić information content (AvgIpc) is 2.44. The first-order valence-corrected chi connectivity index (χ1v) is 11.1. The number of rotatable bonds is 10. The lowest BCUT2D eigenvalue weighted by molar-refractivity contribution is 0.352. The fourth-order valence-electron chi connectivity index (χ4n) is 2.05. The van der Waals surface area contributed by atoms with Gasteiger partial charge in [-0.3, -0.25) is 0 Å². The highest BCUT2D eigenvalue weighted by molar-refractivity contribution is 7.89. The summed E-state index contributed by atoms with van der Waals surface area (Å²) in [4.78, 5) is 1.94. The molecular weight excluding hydrogens is 374 g/mol. The SMILES string of the molecule is CN(C)CCCN(CCNS(=O)(=O)c1ccccc1Cl)S(C)(=O)=O. The molecule has 0 bridgehead atoms. The molecule has 1 aromatic rings. The Kier molecular flexibility index (Phi) is 8.10. The molecule has 0 aromatic heterocycles. The second kappa shape index (κ2) is 9.12. The molecule has 7 nitrogen and oxygen atoms in total. The van der Waals surface area contributed by atoms with Crippen molar-refractivity contribution in [2.24, 2.45) is 0 Å². The van der Waals surface area contributed by atoms with E-state index >= 15 is 0 Å². The van der Waals surface area contributed by atoms with Gasteiger partial charge in [-0.2, -0.15) is 0 Å². The van der Waals surface area contributed by atoms with Crippen molar-refractivity contribution in [1.29, 1.82) is 0 Å². The van der Waals surface area contributed by atoms with Crippen LogP contribution in [0.5, 0.6) is 0 Å². The molecule has 1 N–H and O–H groups in total. The fraction of sp³-hybridized carbons (Fsp3) is 0.571. The Morgan fingerprint density at radius 3 is 2.21 bits per heavy atom. The maximum atomic E-state index is 12.2. The van der Waals surface area contributed by atoms with Gasteiger partial charge in [-0.1, -0.05) is 23.7 Å². The first kappa shape index (κ1) is 21.3. The summed E-state index contributed by atoms with van der Waals surface area (Å²) in [6.45, 7) is 1.13. The van der Waals surface area contributed by atoms with Crippen molar-refractivity contribution in [1.82, 2.24) is 13.9 Å². The van der Waals surface area contributed by atoms with E-state index in [1.807, 2.05) is 19.0 Å². The number of halogens is 1. The van der Waals surface area contributed by atoms with Crippen LogP contribution in [0.2, 0.25) is 5.02 Å². The van der Waals surface area contributed by atoms with Gasteiger partial charge in [-0.25, -0.2) is 25.9 Å². The zero-order valence-electron chi connectivity index (χ0n) is 14.1. The lowest BCUT2D eigenvalue weighted by atomic mass is 10.4. The van der Waals surface area contributed by atoms with E-state index in [9.17, 15) is 16.8 Å². The standard InChI is InChI=1S/C14H24ClN3O4S2/c1-17(2)10-6-11-18(23(3,19)20)12-9-16-24(21,22)14-8-5-4-7-13(14)15/h4-5,7-8,16H,6,9-12H2,1-3H3. The second-order valence-electron chi connectivity index (χ2n) is 5.65. The van der Waals surface area contributed by atoms with Gasteiger partial charge >= 0.3 is 0 Å². The van der Waals surface area contributed by atoms with Crippen LogP contribution in [0, 0.1) is 0 Å². The average molecular weight is 398 g/mol. The summed E-state index contributed by atoms with van der Waals surface area (Å²) in [5, 5.41) is 0.121. The Labute approximate surface area is 149 Å². The molecule has 0 amide bonds. The van der Waals surface area contributed by atoms with Crippen LogP contribution in [0.3, 0.4) is 0 Å². The van der Waals surface area contributed by atoms with Gasteiger partial charge in [0.25, 0.3) is 0 Å². The highest BCUT2D eigenvalue weighted by Crippen LogP contribution is 2.19. The molecule has 0 aliphatic heterocycles. The third-order valence-corrected chi connectivity index (χ3v) is 6.53. The first-order valence-electron chi connectivity index (χ1n) is 7.38. The van der Waals surface area contributed by atoms with Crippen LogP contribution in [-0.4, -0.2) is 72.6 Å². The largest absolute Gasteiger partial charge is 0.309 e. The van der Waals surface area contributed by atoms with Gasteiger partial charge in [-0.15, -0.1) is 0 Å². The highest BCUT2D eigenvalue weighted by Gasteiger charge is 2.20. The molecule has 0 spiro atoms. The molecule has 0 aliphatic carbocycles. The Balaban J connectivity index is 2.66. The van der Waals surface area contributed by atoms with E-state index in [2.05, 4.69) is 4.72 Å². The predicted octanol–water partition coefficient (Wildman–Crippen LogP) is 0.832. The van der Waals surface area contributed by atoms with Crippen LogP contribution < -0.4 is 4.72 Å². The lowest BCUT2D eigenvalue weighted by Gasteiger charge is -2.21. The van der Waals surface area contributed by atoms with Crippen molar-refractivity contribution < 1.29 is 16.8 Å². The van der Waals surface area contributed by atoms with E-state index in [-0.39, 0.29) is 23.0 Å². The fourth-order valence-corrected chi connectivity index (χ4v) is 4.47. The van der Waals surface area contributed by atoms with E-state index in [1.54, 1.807) is 12.1 Å². The van der Waals surface area contributed by atoms with Gasteiger partial charge < -0.3 is 4.90 Å². The number of nitrogens with one attached hydrogen (secondary N) is 1. The molecule has 0 aliphatic rings. The zero-order chi connectivity index (χ0) is 18.4. The quantitative estimate of drug-likeness (QED) is 0.632. The monoisotopic (exact) mass is 397 g/mol. The summed E-state index contributed by atoms with van der Waals surface area (Å²) in [6.07, 6.45) is 1.78. The third kappa shape index (κ3) is 7.04. The van der Waals surface area contributed by atoms with Crippen LogP contribution in [0.15, 0.2) is 29.2 Å².